The number of hydrogen-bond acceptors (Lipinski definition) is 2. The molecule has 112 valence electrons. The van der Waals surface area contributed by atoms with Crippen LogP contribution in [-0.4, -0.2) is 37.1 Å². The number of hydrogen-bond donors (Lipinski definition) is 1. The number of piperidine rings is 1. The van der Waals surface area contributed by atoms with Gasteiger partial charge in [-0.2, -0.15) is 0 Å². The first-order chi connectivity index (χ1) is 9.13. The van der Waals surface area contributed by atoms with Crippen LogP contribution in [0.3, 0.4) is 0 Å². The highest BCUT2D eigenvalue weighted by molar-refractivity contribution is 4.85. The number of likely N-dealkylation sites (tertiary alicyclic amines) is 1. The summed E-state index contributed by atoms with van der Waals surface area (Å²) < 4.78 is 0. The molecule has 0 bridgehead atoms. The van der Waals surface area contributed by atoms with Gasteiger partial charge in [0.15, 0.2) is 0 Å². The van der Waals surface area contributed by atoms with E-state index in [1.54, 1.807) is 0 Å². The molecule has 2 unspecified atom stereocenters. The van der Waals surface area contributed by atoms with Crippen LogP contribution in [0, 0.1) is 11.3 Å². The van der Waals surface area contributed by atoms with Crippen molar-refractivity contribution >= 4 is 0 Å². The van der Waals surface area contributed by atoms with Gasteiger partial charge in [0.05, 0.1) is 0 Å². The highest BCUT2D eigenvalue weighted by Gasteiger charge is 2.29. The van der Waals surface area contributed by atoms with Gasteiger partial charge in [-0.25, -0.2) is 0 Å². The van der Waals surface area contributed by atoms with Crippen molar-refractivity contribution in [2.45, 2.75) is 71.8 Å². The van der Waals surface area contributed by atoms with Crippen LogP contribution < -0.4 is 5.32 Å². The lowest BCUT2D eigenvalue weighted by atomic mass is 9.75. The first kappa shape index (κ1) is 15.3. The van der Waals surface area contributed by atoms with E-state index in [1.165, 1.54) is 71.1 Å². The van der Waals surface area contributed by atoms with Crippen LogP contribution in [0.25, 0.3) is 0 Å². The summed E-state index contributed by atoms with van der Waals surface area (Å²) in [6.07, 6.45) is 10.0. The number of rotatable bonds is 5. The van der Waals surface area contributed by atoms with Gasteiger partial charge < -0.3 is 10.2 Å². The lowest BCUT2D eigenvalue weighted by molar-refractivity contribution is 0.141. The van der Waals surface area contributed by atoms with Crippen LogP contribution >= 0.6 is 0 Å². The van der Waals surface area contributed by atoms with E-state index in [1.807, 2.05) is 0 Å². The van der Waals surface area contributed by atoms with Gasteiger partial charge in [0.1, 0.15) is 0 Å². The van der Waals surface area contributed by atoms with E-state index in [4.69, 9.17) is 0 Å². The molecule has 0 aromatic carbocycles. The van der Waals surface area contributed by atoms with Crippen molar-refractivity contribution in [3.63, 3.8) is 0 Å². The summed E-state index contributed by atoms with van der Waals surface area (Å²) in [5.41, 5.74) is 0.575. The summed E-state index contributed by atoms with van der Waals surface area (Å²) in [5.74, 6) is 0.862. The summed E-state index contributed by atoms with van der Waals surface area (Å²) in [5, 5.41) is 3.88. The largest absolute Gasteiger partial charge is 0.313 e. The summed E-state index contributed by atoms with van der Waals surface area (Å²) in [6, 6.07) is 0.688. The number of nitrogens with one attached hydrogen (secondary N) is 1. The Labute approximate surface area is 120 Å². The molecule has 1 aliphatic heterocycles. The van der Waals surface area contributed by atoms with E-state index in [0.717, 1.165) is 5.92 Å². The second kappa shape index (κ2) is 7.08. The van der Waals surface area contributed by atoms with E-state index in [0.29, 0.717) is 11.5 Å². The molecule has 2 fully saturated rings. The summed E-state index contributed by atoms with van der Waals surface area (Å²) in [7, 11) is 0. The van der Waals surface area contributed by atoms with Crippen LogP contribution in [0.1, 0.15) is 65.7 Å². The number of nitrogens with zero attached hydrogens (tertiary/aromatic N) is 1. The Morgan fingerprint density at radius 1 is 1.21 bits per heavy atom. The van der Waals surface area contributed by atoms with Crippen LogP contribution in [0.15, 0.2) is 0 Å². The highest BCUT2D eigenvalue weighted by atomic mass is 15.1. The molecule has 2 aliphatic rings. The minimum Gasteiger partial charge on any atom is -0.313 e. The average Bonchev–Trinajstić information content (AvgIpc) is 2.46. The zero-order valence-corrected chi connectivity index (χ0v) is 13.4. The minimum absolute atomic E-state index is 0.575. The maximum Gasteiger partial charge on any atom is 0.00794 e. The SMILES string of the molecule is CCN1CCCC(C(C)NCC2(C)CCCCC2)C1. The Morgan fingerprint density at radius 2 is 1.95 bits per heavy atom. The lowest BCUT2D eigenvalue weighted by Gasteiger charge is -2.39. The van der Waals surface area contributed by atoms with E-state index in [-0.39, 0.29) is 0 Å². The Kier molecular flexibility index (Phi) is 5.70. The minimum atomic E-state index is 0.575. The molecule has 0 amide bonds. The topological polar surface area (TPSA) is 15.3 Å². The van der Waals surface area contributed by atoms with Crippen molar-refractivity contribution in [1.29, 1.82) is 0 Å². The summed E-state index contributed by atoms with van der Waals surface area (Å²) >= 11 is 0. The standard InChI is InChI=1S/C17H34N2/c1-4-19-12-8-9-16(13-19)15(2)18-14-17(3)10-6-5-7-11-17/h15-16,18H,4-14H2,1-3H3. The molecule has 0 radical (unpaired) electrons. The fraction of sp³-hybridized carbons (Fsp3) is 1.00. The van der Waals surface area contributed by atoms with Gasteiger partial charge in [0, 0.05) is 19.1 Å². The second-order valence-electron chi connectivity index (χ2n) is 7.34. The van der Waals surface area contributed by atoms with Gasteiger partial charge in [-0.15, -0.1) is 0 Å². The van der Waals surface area contributed by atoms with Crippen molar-refractivity contribution in [2.24, 2.45) is 11.3 Å². The smallest absolute Gasteiger partial charge is 0.00794 e. The second-order valence-corrected chi connectivity index (χ2v) is 7.34. The van der Waals surface area contributed by atoms with E-state index >= 15 is 0 Å². The van der Waals surface area contributed by atoms with Gasteiger partial charge in [0.25, 0.3) is 0 Å². The summed E-state index contributed by atoms with van der Waals surface area (Å²) in [6.45, 7) is 12.3. The van der Waals surface area contributed by atoms with Crippen molar-refractivity contribution in [3.8, 4) is 0 Å². The Morgan fingerprint density at radius 3 is 2.63 bits per heavy atom. The fourth-order valence-corrected chi connectivity index (χ4v) is 3.94. The molecule has 2 nitrogen and oxygen atoms in total. The predicted octanol–water partition coefficient (Wildman–Crippen LogP) is 3.67. The van der Waals surface area contributed by atoms with Crippen LogP contribution in [0.2, 0.25) is 0 Å². The molecular weight excluding hydrogens is 232 g/mol. The van der Waals surface area contributed by atoms with Gasteiger partial charge in [-0.3, -0.25) is 0 Å². The molecule has 0 aromatic rings. The molecule has 1 saturated carbocycles. The molecular formula is C17H34N2. The molecule has 1 aliphatic carbocycles. The average molecular weight is 266 g/mol. The molecule has 19 heavy (non-hydrogen) atoms. The molecule has 0 spiro atoms. The normalized spacial score (nSPS) is 30.2. The maximum atomic E-state index is 3.88. The molecule has 0 aromatic heterocycles. The monoisotopic (exact) mass is 266 g/mol. The third kappa shape index (κ3) is 4.46. The van der Waals surface area contributed by atoms with E-state index < -0.39 is 0 Å². The Bertz CT molecular complexity index is 258. The van der Waals surface area contributed by atoms with E-state index in [2.05, 4.69) is 31.0 Å². The Balaban J connectivity index is 1.75. The molecule has 1 heterocycles. The molecule has 2 heteroatoms. The first-order valence-electron chi connectivity index (χ1n) is 8.59. The molecule has 2 atom stereocenters. The highest BCUT2D eigenvalue weighted by Crippen LogP contribution is 2.35. The van der Waals surface area contributed by atoms with Crippen molar-refractivity contribution in [1.82, 2.24) is 10.2 Å². The van der Waals surface area contributed by atoms with Crippen LogP contribution in [0.5, 0.6) is 0 Å². The van der Waals surface area contributed by atoms with Crippen molar-refractivity contribution in [3.05, 3.63) is 0 Å². The quantitative estimate of drug-likeness (QED) is 0.817. The van der Waals surface area contributed by atoms with Crippen LogP contribution in [-0.2, 0) is 0 Å². The van der Waals surface area contributed by atoms with Crippen LogP contribution in [0.4, 0.5) is 0 Å². The third-order valence-corrected chi connectivity index (χ3v) is 5.61. The van der Waals surface area contributed by atoms with Gasteiger partial charge in [-0.05, 0) is 57.0 Å². The molecule has 1 N–H and O–H groups in total. The molecule has 2 rings (SSSR count). The van der Waals surface area contributed by atoms with Crippen molar-refractivity contribution < 1.29 is 0 Å². The van der Waals surface area contributed by atoms with Gasteiger partial charge in [-0.1, -0.05) is 33.1 Å². The lowest BCUT2D eigenvalue weighted by Crippen LogP contribution is -2.47. The molecule has 1 saturated heterocycles. The first-order valence-corrected chi connectivity index (χ1v) is 8.59. The Hall–Kier alpha value is -0.0800. The predicted molar refractivity (Wildman–Crippen MR) is 83.5 cm³/mol. The summed E-state index contributed by atoms with van der Waals surface area (Å²) in [4.78, 5) is 2.62. The zero-order chi connectivity index (χ0) is 13.7. The van der Waals surface area contributed by atoms with Gasteiger partial charge in [0.2, 0.25) is 0 Å². The van der Waals surface area contributed by atoms with E-state index in [9.17, 15) is 0 Å². The van der Waals surface area contributed by atoms with Crippen molar-refractivity contribution in [2.75, 3.05) is 26.2 Å². The zero-order valence-electron chi connectivity index (χ0n) is 13.4. The fourth-order valence-electron chi connectivity index (χ4n) is 3.94. The third-order valence-electron chi connectivity index (χ3n) is 5.61. The maximum absolute atomic E-state index is 3.88. The van der Waals surface area contributed by atoms with Gasteiger partial charge >= 0.3 is 0 Å².